The molecule has 1 aliphatic rings. The molecule has 0 nitrogen and oxygen atoms in total. The quantitative estimate of drug-likeness (QED) is 0.735. The van der Waals surface area contributed by atoms with Gasteiger partial charge in [-0.3, -0.25) is 0 Å². The highest BCUT2D eigenvalue weighted by Crippen LogP contribution is 2.33. The second kappa shape index (κ2) is 4.69. The zero-order valence-corrected chi connectivity index (χ0v) is 11.3. The van der Waals surface area contributed by atoms with Crippen molar-refractivity contribution in [3.8, 4) is 0 Å². The number of hydrogen-bond donors (Lipinski definition) is 0. The van der Waals surface area contributed by atoms with Crippen LogP contribution in [0.5, 0.6) is 0 Å². The lowest BCUT2D eigenvalue weighted by molar-refractivity contribution is 0.672. The Morgan fingerprint density at radius 2 is 1.87 bits per heavy atom. The Morgan fingerprint density at radius 3 is 2.53 bits per heavy atom. The standard InChI is InChI=1S/C14H19Br/c1-3-6-11-9-10(2)14(15)13-8-5-4-7-12(11)13/h9H,3-8H2,1-2H3. The summed E-state index contributed by atoms with van der Waals surface area (Å²) < 4.78 is 1.37. The van der Waals surface area contributed by atoms with E-state index in [4.69, 9.17) is 0 Å². The zero-order chi connectivity index (χ0) is 10.8. The molecule has 0 aliphatic heterocycles. The highest BCUT2D eigenvalue weighted by molar-refractivity contribution is 9.10. The van der Waals surface area contributed by atoms with Gasteiger partial charge in [-0.05, 0) is 61.3 Å². The van der Waals surface area contributed by atoms with Crippen molar-refractivity contribution >= 4 is 15.9 Å². The van der Waals surface area contributed by atoms with E-state index in [1.807, 2.05) is 0 Å². The third-order valence-electron chi connectivity index (χ3n) is 3.38. The molecule has 0 atom stereocenters. The molecule has 0 unspecified atom stereocenters. The van der Waals surface area contributed by atoms with Crippen molar-refractivity contribution in [1.29, 1.82) is 0 Å². The third-order valence-corrected chi connectivity index (χ3v) is 4.48. The predicted octanol–water partition coefficient (Wildman–Crippen LogP) is 4.59. The molecule has 1 heteroatoms. The smallest absolute Gasteiger partial charge is 0.0239 e. The minimum Gasteiger partial charge on any atom is -0.0651 e. The summed E-state index contributed by atoms with van der Waals surface area (Å²) in [4.78, 5) is 0. The van der Waals surface area contributed by atoms with E-state index in [9.17, 15) is 0 Å². The molecule has 0 saturated heterocycles. The van der Waals surface area contributed by atoms with E-state index in [1.54, 1.807) is 16.7 Å². The maximum Gasteiger partial charge on any atom is 0.0239 e. The molecular formula is C14H19Br. The van der Waals surface area contributed by atoms with Crippen molar-refractivity contribution in [2.45, 2.75) is 52.4 Å². The van der Waals surface area contributed by atoms with Gasteiger partial charge >= 0.3 is 0 Å². The van der Waals surface area contributed by atoms with Gasteiger partial charge in [-0.2, -0.15) is 0 Å². The first-order chi connectivity index (χ1) is 7.24. The van der Waals surface area contributed by atoms with E-state index in [0.29, 0.717) is 0 Å². The van der Waals surface area contributed by atoms with E-state index in [2.05, 4.69) is 35.8 Å². The first-order valence-corrected chi connectivity index (χ1v) is 6.83. The van der Waals surface area contributed by atoms with E-state index < -0.39 is 0 Å². The lowest BCUT2D eigenvalue weighted by atomic mass is 9.85. The van der Waals surface area contributed by atoms with Crippen LogP contribution in [0.4, 0.5) is 0 Å². The summed E-state index contributed by atoms with van der Waals surface area (Å²) in [6.07, 6.45) is 7.81. The fourth-order valence-electron chi connectivity index (χ4n) is 2.64. The van der Waals surface area contributed by atoms with Crippen LogP contribution in [0, 0.1) is 6.92 Å². The van der Waals surface area contributed by atoms with Gasteiger partial charge in [-0.25, -0.2) is 0 Å². The van der Waals surface area contributed by atoms with Crippen molar-refractivity contribution in [1.82, 2.24) is 0 Å². The van der Waals surface area contributed by atoms with Crippen LogP contribution in [-0.2, 0) is 19.3 Å². The minimum absolute atomic E-state index is 1.25. The normalized spacial score (nSPS) is 15.1. The average molecular weight is 267 g/mol. The Kier molecular flexibility index (Phi) is 3.50. The highest BCUT2D eigenvalue weighted by Gasteiger charge is 2.17. The average Bonchev–Trinajstić information content (AvgIpc) is 2.26. The molecule has 1 aromatic rings. The van der Waals surface area contributed by atoms with Gasteiger partial charge in [0.15, 0.2) is 0 Å². The van der Waals surface area contributed by atoms with Crippen molar-refractivity contribution in [3.05, 3.63) is 32.8 Å². The fourth-order valence-corrected chi connectivity index (χ4v) is 3.20. The topological polar surface area (TPSA) is 0 Å². The number of benzene rings is 1. The lowest BCUT2D eigenvalue weighted by Gasteiger charge is -2.22. The van der Waals surface area contributed by atoms with Crippen LogP contribution in [0.1, 0.15) is 48.4 Å². The van der Waals surface area contributed by atoms with Crippen LogP contribution in [-0.4, -0.2) is 0 Å². The summed E-state index contributed by atoms with van der Waals surface area (Å²) in [7, 11) is 0. The van der Waals surface area contributed by atoms with E-state index in [0.717, 1.165) is 0 Å². The van der Waals surface area contributed by atoms with Crippen LogP contribution in [0.25, 0.3) is 0 Å². The number of rotatable bonds is 2. The van der Waals surface area contributed by atoms with Crippen LogP contribution in [0.3, 0.4) is 0 Å². The maximum absolute atomic E-state index is 3.75. The van der Waals surface area contributed by atoms with E-state index >= 15 is 0 Å². The third kappa shape index (κ3) is 2.13. The molecule has 1 aliphatic carbocycles. The SMILES string of the molecule is CCCc1cc(C)c(Br)c2c1CCCC2. The van der Waals surface area contributed by atoms with Crippen molar-refractivity contribution in [2.75, 3.05) is 0 Å². The molecule has 0 bridgehead atoms. The number of halogens is 1. The Hall–Kier alpha value is -0.300. The van der Waals surface area contributed by atoms with E-state index in [-0.39, 0.29) is 0 Å². The molecule has 0 fully saturated rings. The van der Waals surface area contributed by atoms with Crippen LogP contribution < -0.4 is 0 Å². The van der Waals surface area contributed by atoms with Crippen LogP contribution >= 0.6 is 15.9 Å². The molecule has 0 N–H and O–H groups in total. The molecule has 0 saturated carbocycles. The summed E-state index contributed by atoms with van der Waals surface area (Å²) in [5, 5.41) is 0. The molecule has 0 radical (unpaired) electrons. The number of fused-ring (bicyclic) bond motifs is 1. The molecule has 0 spiro atoms. The fraction of sp³-hybridized carbons (Fsp3) is 0.571. The monoisotopic (exact) mass is 266 g/mol. The lowest BCUT2D eigenvalue weighted by Crippen LogP contribution is -2.08. The Labute approximate surface area is 101 Å². The van der Waals surface area contributed by atoms with Gasteiger partial charge in [0.2, 0.25) is 0 Å². The first-order valence-electron chi connectivity index (χ1n) is 6.03. The predicted molar refractivity (Wildman–Crippen MR) is 69.5 cm³/mol. The highest BCUT2D eigenvalue weighted by atomic mass is 79.9. The van der Waals surface area contributed by atoms with Gasteiger partial charge in [-0.15, -0.1) is 0 Å². The van der Waals surface area contributed by atoms with Gasteiger partial charge in [0, 0.05) is 4.47 Å². The molecule has 1 aromatic carbocycles. The van der Waals surface area contributed by atoms with Crippen molar-refractivity contribution in [2.24, 2.45) is 0 Å². The zero-order valence-electron chi connectivity index (χ0n) is 9.70. The molecule has 0 aromatic heterocycles. The van der Waals surface area contributed by atoms with Crippen molar-refractivity contribution in [3.63, 3.8) is 0 Å². The second-order valence-corrected chi connectivity index (χ2v) is 5.37. The second-order valence-electron chi connectivity index (χ2n) is 4.58. The minimum atomic E-state index is 1.25. The molecule has 2 rings (SSSR count). The summed E-state index contributed by atoms with van der Waals surface area (Å²) in [6, 6.07) is 2.39. The number of hydrogen-bond acceptors (Lipinski definition) is 0. The maximum atomic E-state index is 3.75. The molecule has 15 heavy (non-hydrogen) atoms. The Bertz CT molecular complexity index is 366. The van der Waals surface area contributed by atoms with Crippen LogP contribution in [0.2, 0.25) is 0 Å². The first kappa shape index (κ1) is 11.2. The van der Waals surface area contributed by atoms with Gasteiger partial charge in [-0.1, -0.05) is 35.3 Å². The summed E-state index contributed by atoms with van der Waals surface area (Å²) in [5.41, 5.74) is 6.28. The summed E-state index contributed by atoms with van der Waals surface area (Å²) in [5.74, 6) is 0. The molecule has 82 valence electrons. The van der Waals surface area contributed by atoms with Crippen molar-refractivity contribution < 1.29 is 0 Å². The van der Waals surface area contributed by atoms with Gasteiger partial charge in [0.1, 0.15) is 0 Å². The molecular weight excluding hydrogens is 248 g/mol. The number of aryl methyl sites for hydroxylation is 2. The Balaban J connectivity index is 2.51. The van der Waals surface area contributed by atoms with E-state index in [1.165, 1.54) is 48.6 Å². The molecule has 0 amide bonds. The molecule has 0 heterocycles. The largest absolute Gasteiger partial charge is 0.0651 e. The van der Waals surface area contributed by atoms with Gasteiger partial charge < -0.3 is 0 Å². The Morgan fingerprint density at radius 1 is 1.20 bits per heavy atom. The van der Waals surface area contributed by atoms with Crippen LogP contribution in [0.15, 0.2) is 10.5 Å². The summed E-state index contributed by atoms with van der Waals surface area (Å²) >= 11 is 3.75. The summed E-state index contributed by atoms with van der Waals surface area (Å²) in [6.45, 7) is 4.49. The van der Waals surface area contributed by atoms with Gasteiger partial charge in [0.05, 0.1) is 0 Å². The van der Waals surface area contributed by atoms with Gasteiger partial charge in [0.25, 0.3) is 0 Å².